The highest BCUT2D eigenvalue weighted by Gasteiger charge is 2.34. The van der Waals surface area contributed by atoms with Gasteiger partial charge in [-0.1, -0.05) is 72.3 Å². The smallest absolute Gasteiger partial charge is 0.240 e. The second kappa shape index (κ2) is 8.45. The first-order chi connectivity index (χ1) is 15.9. The van der Waals surface area contributed by atoms with Crippen molar-refractivity contribution in [1.29, 1.82) is 0 Å². The number of amides is 1. The van der Waals surface area contributed by atoms with Crippen molar-refractivity contribution >= 4 is 34.1 Å². The Bertz CT molecular complexity index is 1410. The molecule has 0 saturated carbocycles. The number of hydrogen-bond donors (Lipinski definition) is 0. The first-order valence-corrected chi connectivity index (χ1v) is 11.4. The molecule has 1 aliphatic rings. The molecule has 0 spiro atoms. The van der Waals surface area contributed by atoms with Gasteiger partial charge in [-0.25, -0.2) is 5.01 Å². The normalized spacial score (nSPS) is 15.7. The quantitative estimate of drug-likeness (QED) is 0.339. The van der Waals surface area contributed by atoms with Gasteiger partial charge in [0.1, 0.15) is 0 Å². The molecule has 0 N–H and O–H groups in total. The number of halogens is 1. The Balaban J connectivity index is 1.74. The molecule has 0 aliphatic carbocycles. The zero-order chi connectivity index (χ0) is 23.1. The monoisotopic (exact) mass is 453 g/mol. The molecule has 4 aromatic rings. The number of carbonyl (C=O) groups excluding carboxylic acids is 1. The fourth-order valence-corrected chi connectivity index (χ4v) is 4.94. The van der Waals surface area contributed by atoms with E-state index in [9.17, 15) is 4.79 Å². The standard InChI is InChI=1S/C28H24ClN3O/c1-17-9-7-8-12-22(17)26-16-25(31-32(26)19(3)33)27-18(2)30-24-15-21(29)13-14-23(24)28(27)20-10-5-4-6-11-20/h4-15,26H,16H2,1-3H3/t26-/m0/s1. The SMILES string of the molecule is CC(=O)N1N=C(c2c(C)nc3cc(Cl)ccc3c2-c2ccccc2)C[C@H]1c1ccccc1C. The highest BCUT2D eigenvalue weighted by atomic mass is 35.5. The Labute approximate surface area is 198 Å². The molecule has 3 aromatic carbocycles. The number of fused-ring (bicyclic) bond motifs is 1. The number of rotatable bonds is 3. The predicted octanol–water partition coefficient (Wildman–Crippen LogP) is 6.87. The zero-order valence-corrected chi connectivity index (χ0v) is 19.6. The van der Waals surface area contributed by atoms with E-state index >= 15 is 0 Å². The summed E-state index contributed by atoms with van der Waals surface area (Å²) in [6.45, 7) is 5.65. The summed E-state index contributed by atoms with van der Waals surface area (Å²) in [6, 6.07) is 24.1. The van der Waals surface area contributed by atoms with Gasteiger partial charge in [0.2, 0.25) is 5.91 Å². The third kappa shape index (κ3) is 3.81. The van der Waals surface area contributed by atoms with Crippen LogP contribution < -0.4 is 0 Å². The van der Waals surface area contributed by atoms with E-state index in [1.165, 1.54) is 0 Å². The predicted molar refractivity (Wildman–Crippen MR) is 135 cm³/mol. The molecule has 1 aliphatic heterocycles. The van der Waals surface area contributed by atoms with Gasteiger partial charge in [-0.15, -0.1) is 0 Å². The summed E-state index contributed by atoms with van der Waals surface area (Å²) >= 11 is 6.28. The van der Waals surface area contributed by atoms with Crippen molar-refractivity contribution in [3.8, 4) is 11.1 Å². The molecule has 164 valence electrons. The van der Waals surface area contributed by atoms with Gasteiger partial charge in [0.25, 0.3) is 0 Å². The van der Waals surface area contributed by atoms with Crippen LogP contribution in [0.25, 0.3) is 22.0 Å². The van der Waals surface area contributed by atoms with Crippen molar-refractivity contribution in [2.45, 2.75) is 33.2 Å². The van der Waals surface area contributed by atoms with E-state index in [4.69, 9.17) is 21.7 Å². The molecule has 33 heavy (non-hydrogen) atoms. The number of nitrogens with zero attached hydrogens (tertiary/aromatic N) is 3. The molecule has 0 unspecified atom stereocenters. The fraction of sp³-hybridized carbons (Fsp3) is 0.179. The minimum Gasteiger partial charge on any atom is -0.273 e. The van der Waals surface area contributed by atoms with Gasteiger partial charge in [0.15, 0.2) is 0 Å². The van der Waals surface area contributed by atoms with Crippen molar-refractivity contribution in [1.82, 2.24) is 9.99 Å². The number of pyridine rings is 1. The average Bonchev–Trinajstić information content (AvgIpc) is 3.24. The summed E-state index contributed by atoms with van der Waals surface area (Å²) in [5.41, 5.74) is 8.00. The van der Waals surface area contributed by atoms with Crippen LogP contribution in [0.4, 0.5) is 0 Å². The highest BCUT2D eigenvalue weighted by Crippen LogP contribution is 2.40. The molecule has 0 bridgehead atoms. The van der Waals surface area contributed by atoms with E-state index in [1.54, 1.807) is 11.9 Å². The summed E-state index contributed by atoms with van der Waals surface area (Å²) < 4.78 is 0. The maximum absolute atomic E-state index is 12.6. The third-order valence-corrected chi connectivity index (χ3v) is 6.50. The number of hydrazone groups is 1. The largest absolute Gasteiger partial charge is 0.273 e. The Hall–Kier alpha value is -3.50. The number of carbonyl (C=O) groups is 1. The summed E-state index contributed by atoms with van der Waals surface area (Å²) in [4.78, 5) is 17.5. The van der Waals surface area contributed by atoms with Gasteiger partial charge in [-0.3, -0.25) is 9.78 Å². The van der Waals surface area contributed by atoms with Gasteiger partial charge in [0, 0.05) is 40.6 Å². The van der Waals surface area contributed by atoms with Crippen molar-refractivity contribution in [2.24, 2.45) is 5.10 Å². The molecular weight excluding hydrogens is 430 g/mol. The summed E-state index contributed by atoms with van der Waals surface area (Å²) in [5.74, 6) is -0.0716. The van der Waals surface area contributed by atoms with Gasteiger partial charge >= 0.3 is 0 Å². The molecule has 1 amide bonds. The zero-order valence-electron chi connectivity index (χ0n) is 18.8. The van der Waals surface area contributed by atoms with Crippen LogP contribution in [0.2, 0.25) is 5.02 Å². The third-order valence-electron chi connectivity index (χ3n) is 6.26. The molecule has 5 heteroatoms. The van der Waals surface area contributed by atoms with E-state index in [2.05, 4.69) is 31.2 Å². The summed E-state index contributed by atoms with van der Waals surface area (Å²) in [5, 5.41) is 8.16. The molecule has 0 saturated heterocycles. The summed E-state index contributed by atoms with van der Waals surface area (Å²) in [6.07, 6.45) is 0.631. The lowest BCUT2D eigenvalue weighted by Gasteiger charge is -2.22. The van der Waals surface area contributed by atoms with Crippen LogP contribution in [0.5, 0.6) is 0 Å². The van der Waals surface area contributed by atoms with Crippen molar-refractivity contribution in [3.63, 3.8) is 0 Å². The van der Waals surface area contributed by atoms with Crippen LogP contribution in [-0.4, -0.2) is 21.6 Å². The number of aryl methyl sites for hydroxylation is 2. The first-order valence-electron chi connectivity index (χ1n) is 11.0. The number of aromatic nitrogens is 1. The molecule has 5 rings (SSSR count). The van der Waals surface area contributed by atoms with Crippen molar-refractivity contribution in [2.75, 3.05) is 0 Å². The lowest BCUT2D eigenvalue weighted by Crippen LogP contribution is -2.24. The van der Waals surface area contributed by atoms with E-state index in [0.717, 1.165) is 50.1 Å². The molecular formula is C28H24ClN3O. The molecule has 1 aromatic heterocycles. The van der Waals surface area contributed by atoms with Crippen LogP contribution >= 0.6 is 11.6 Å². The maximum Gasteiger partial charge on any atom is 0.240 e. The van der Waals surface area contributed by atoms with Gasteiger partial charge < -0.3 is 0 Å². The van der Waals surface area contributed by atoms with Crippen LogP contribution in [0.15, 0.2) is 77.9 Å². The Morgan fingerprint density at radius 3 is 2.42 bits per heavy atom. The Morgan fingerprint density at radius 1 is 0.970 bits per heavy atom. The number of benzene rings is 3. The van der Waals surface area contributed by atoms with Crippen LogP contribution in [-0.2, 0) is 4.79 Å². The molecule has 2 heterocycles. The van der Waals surface area contributed by atoms with Crippen LogP contribution in [0.1, 0.15) is 41.8 Å². The fourth-order valence-electron chi connectivity index (χ4n) is 4.77. The first kappa shape index (κ1) is 21.4. The van der Waals surface area contributed by atoms with Crippen LogP contribution in [0, 0.1) is 13.8 Å². The Morgan fingerprint density at radius 2 is 1.70 bits per heavy atom. The van der Waals surface area contributed by atoms with Gasteiger partial charge in [-0.2, -0.15) is 5.10 Å². The van der Waals surface area contributed by atoms with Crippen molar-refractivity contribution in [3.05, 3.63) is 100 Å². The second-order valence-corrected chi connectivity index (χ2v) is 8.90. The van der Waals surface area contributed by atoms with E-state index in [-0.39, 0.29) is 11.9 Å². The lowest BCUT2D eigenvalue weighted by molar-refractivity contribution is -0.130. The topological polar surface area (TPSA) is 45.6 Å². The van der Waals surface area contributed by atoms with Crippen LogP contribution in [0.3, 0.4) is 0 Å². The van der Waals surface area contributed by atoms with E-state index in [0.29, 0.717) is 11.4 Å². The number of hydrogen-bond acceptors (Lipinski definition) is 3. The summed E-state index contributed by atoms with van der Waals surface area (Å²) in [7, 11) is 0. The molecule has 4 nitrogen and oxygen atoms in total. The van der Waals surface area contributed by atoms with E-state index in [1.807, 2.05) is 55.5 Å². The maximum atomic E-state index is 12.6. The highest BCUT2D eigenvalue weighted by molar-refractivity contribution is 6.31. The van der Waals surface area contributed by atoms with Gasteiger partial charge in [0.05, 0.1) is 17.3 Å². The molecule has 0 radical (unpaired) electrons. The van der Waals surface area contributed by atoms with E-state index < -0.39 is 0 Å². The molecule has 1 atom stereocenters. The Kier molecular flexibility index (Phi) is 5.47. The minimum absolute atomic E-state index is 0.0716. The lowest BCUT2D eigenvalue weighted by atomic mass is 9.88. The van der Waals surface area contributed by atoms with Gasteiger partial charge in [-0.05, 0) is 42.7 Å². The minimum atomic E-state index is -0.136. The molecule has 0 fully saturated rings. The van der Waals surface area contributed by atoms with Crippen molar-refractivity contribution < 1.29 is 4.79 Å². The average molecular weight is 454 g/mol. The second-order valence-electron chi connectivity index (χ2n) is 8.46.